The van der Waals surface area contributed by atoms with E-state index in [1.54, 1.807) is 12.1 Å². The Kier molecular flexibility index (Phi) is 4.21. The third-order valence-corrected chi connectivity index (χ3v) is 4.75. The molecule has 2 aliphatic heterocycles. The van der Waals surface area contributed by atoms with Crippen LogP contribution < -0.4 is 10.1 Å². The van der Waals surface area contributed by atoms with Gasteiger partial charge in [0.2, 0.25) is 0 Å². The maximum Gasteiger partial charge on any atom is 0.325 e. The van der Waals surface area contributed by atoms with Gasteiger partial charge in [-0.15, -0.1) is 0 Å². The Morgan fingerprint density at radius 3 is 2.70 bits per heavy atom. The first-order valence-electron chi connectivity index (χ1n) is 7.66. The molecule has 3 rings (SSSR count). The van der Waals surface area contributed by atoms with Gasteiger partial charge in [0.05, 0.1) is 13.2 Å². The molecular weight excluding hydrogens is 320 g/mol. The molecule has 1 aromatic carbocycles. The summed E-state index contributed by atoms with van der Waals surface area (Å²) >= 11 is 6.14. The zero-order chi connectivity index (χ0) is 16.6. The molecule has 124 valence electrons. The summed E-state index contributed by atoms with van der Waals surface area (Å²) in [5.41, 5.74) is 0.727. The monoisotopic (exact) mass is 338 g/mol. The molecule has 1 fully saturated rings. The van der Waals surface area contributed by atoms with Crippen molar-refractivity contribution < 1.29 is 19.1 Å². The molecule has 0 aromatic heterocycles. The third kappa shape index (κ3) is 2.66. The summed E-state index contributed by atoms with van der Waals surface area (Å²) in [7, 11) is 0. The van der Waals surface area contributed by atoms with Crippen LogP contribution in [0.4, 0.5) is 4.79 Å². The SMILES string of the molecule is CCC1(CC)NC(=O)N(Cc2cc(Cl)cc3c2OCOC3)C1=O. The number of hydrogen-bond donors (Lipinski definition) is 1. The number of nitrogens with one attached hydrogen (secondary N) is 1. The maximum atomic E-state index is 12.7. The van der Waals surface area contributed by atoms with Gasteiger partial charge < -0.3 is 14.8 Å². The first-order valence-corrected chi connectivity index (χ1v) is 8.04. The van der Waals surface area contributed by atoms with Crippen LogP contribution in [0.15, 0.2) is 12.1 Å². The fourth-order valence-electron chi connectivity index (χ4n) is 3.09. The van der Waals surface area contributed by atoms with Crippen molar-refractivity contribution in [2.24, 2.45) is 0 Å². The molecule has 23 heavy (non-hydrogen) atoms. The number of nitrogens with zero attached hydrogens (tertiary/aromatic N) is 1. The Morgan fingerprint density at radius 1 is 1.30 bits per heavy atom. The molecule has 1 N–H and O–H groups in total. The van der Waals surface area contributed by atoms with E-state index >= 15 is 0 Å². The van der Waals surface area contributed by atoms with Crippen LogP contribution >= 0.6 is 11.6 Å². The molecule has 0 radical (unpaired) electrons. The summed E-state index contributed by atoms with van der Waals surface area (Å²) in [6.45, 7) is 4.47. The molecule has 6 nitrogen and oxygen atoms in total. The van der Waals surface area contributed by atoms with Gasteiger partial charge in [-0.3, -0.25) is 9.69 Å². The van der Waals surface area contributed by atoms with Gasteiger partial charge in [-0.05, 0) is 25.0 Å². The topological polar surface area (TPSA) is 67.9 Å². The molecule has 0 saturated carbocycles. The molecule has 3 amide bonds. The fraction of sp³-hybridized carbons (Fsp3) is 0.500. The molecule has 1 aromatic rings. The van der Waals surface area contributed by atoms with Crippen LogP contribution in [-0.2, 0) is 22.7 Å². The van der Waals surface area contributed by atoms with Crippen LogP contribution in [0.1, 0.15) is 37.8 Å². The second-order valence-electron chi connectivity index (χ2n) is 5.77. The number of rotatable bonds is 4. The number of benzene rings is 1. The number of ether oxygens (including phenoxy) is 2. The summed E-state index contributed by atoms with van der Waals surface area (Å²) in [5, 5.41) is 3.35. The van der Waals surface area contributed by atoms with Crippen molar-refractivity contribution in [3.8, 4) is 5.75 Å². The van der Waals surface area contributed by atoms with Crippen LogP contribution in [0.3, 0.4) is 0 Å². The summed E-state index contributed by atoms with van der Waals surface area (Å²) in [4.78, 5) is 26.2. The molecule has 0 aliphatic carbocycles. The summed E-state index contributed by atoms with van der Waals surface area (Å²) in [6, 6.07) is 3.12. The highest BCUT2D eigenvalue weighted by Crippen LogP contribution is 2.34. The second-order valence-corrected chi connectivity index (χ2v) is 6.21. The van der Waals surface area contributed by atoms with Crippen molar-refractivity contribution in [3.05, 3.63) is 28.3 Å². The van der Waals surface area contributed by atoms with Crippen LogP contribution in [-0.4, -0.2) is 29.2 Å². The van der Waals surface area contributed by atoms with Crippen LogP contribution in [0.25, 0.3) is 0 Å². The maximum absolute atomic E-state index is 12.7. The molecule has 0 atom stereocenters. The second kappa shape index (κ2) is 6.02. The van der Waals surface area contributed by atoms with E-state index in [0.717, 1.165) is 5.56 Å². The molecular formula is C16H19ClN2O4. The number of carbonyl (C=O) groups excluding carboxylic acids is 2. The summed E-state index contributed by atoms with van der Waals surface area (Å²) in [5.74, 6) is 0.444. The predicted molar refractivity (Wildman–Crippen MR) is 84.1 cm³/mol. The van der Waals surface area contributed by atoms with Crippen molar-refractivity contribution in [3.63, 3.8) is 0 Å². The number of fused-ring (bicyclic) bond motifs is 1. The van der Waals surface area contributed by atoms with Crippen molar-refractivity contribution in [1.82, 2.24) is 10.2 Å². The molecule has 0 unspecified atom stereocenters. The Balaban J connectivity index is 1.92. The van der Waals surface area contributed by atoms with E-state index < -0.39 is 5.54 Å². The lowest BCUT2D eigenvalue weighted by atomic mass is 9.93. The minimum absolute atomic E-state index is 0.134. The average Bonchev–Trinajstić information content (AvgIpc) is 2.79. The number of imide groups is 1. The van der Waals surface area contributed by atoms with Crippen molar-refractivity contribution >= 4 is 23.5 Å². The number of amides is 3. The largest absolute Gasteiger partial charge is 0.467 e. The van der Waals surface area contributed by atoms with E-state index in [1.807, 2.05) is 13.8 Å². The Bertz CT molecular complexity index is 658. The van der Waals surface area contributed by atoms with Gasteiger partial charge in [-0.1, -0.05) is 25.4 Å². The van der Waals surface area contributed by atoms with Crippen molar-refractivity contribution in [2.75, 3.05) is 6.79 Å². The lowest BCUT2D eigenvalue weighted by Gasteiger charge is -2.24. The summed E-state index contributed by atoms with van der Waals surface area (Å²) < 4.78 is 10.8. The normalized spacial score (nSPS) is 19.3. The first kappa shape index (κ1) is 16.1. The van der Waals surface area contributed by atoms with E-state index in [1.165, 1.54) is 4.90 Å². The minimum atomic E-state index is -0.806. The van der Waals surface area contributed by atoms with Crippen LogP contribution in [0.2, 0.25) is 5.02 Å². The van der Waals surface area contributed by atoms with E-state index in [0.29, 0.717) is 35.8 Å². The van der Waals surface area contributed by atoms with Crippen molar-refractivity contribution in [2.45, 2.75) is 45.4 Å². The van der Waals surface area contributed by atoms with E-state index in [9.17, 15) is 9.59 Å². The van der Waals surface area contributed by atoms with Gasteiger partial charge >= 0.3 is 6.03 Å². The summed E-state index contributed by atoms with van der Waals surface area (Å²) in [6.07, 6.45) is 1.12. The molecule has 2 aliphatic rings. The zero-order valence-corrected chi connectivity index (χ0v) is 13.9. The number of hydrogen-bond acceptors (Lipinski definition) is 4. The van der Waals surface area contributed by atoms with E-state index in [-0.39, 0.29) is 25.3 Å². The number of halogens is 1. The van der Waals surface area contributed by atoms with E-state index in [2.05, 4.69) is 5.32 Å². The molecule has 7 heteroatoms. The third-order valence-electron chi connectivity index (χ3n) is 4.53. The molecule has 2 heterocycles. The number of carbonyl (C=O) groups is 2. The lowest BCUT2D eigenvalue weighted by Crippen LogP contribution is -2.45. The first-order chi connectivity index (χ1) is 11.0. The lowest BCUT2D eigenvalue weighted by molar-refractivity contribution is -0.132. The molecule has 1 saturated heterocycles. The standard InChI is InChI=1S/C16H19ClN2O4/c1-3-16(4-2)14(20)19(15(21)18-16)7-10-5-12(17)6-11-8-22-9-23-13(10)11/h5-6H,3-4,7-9H2,1-2H3,(H,18,21). The van der Waals surface area contributed by atoms with E-state index in [4.69, 9.17) is 21.1 Å². The smallest absolute Gasteiger partial charge is 0.325 e. The highest BCUT2D eigenvalue weighted by molar-refractivity contribution is 6.30. The quantitative estimate of drug-likeness (QED) is 0.857. The van der Waals surface area contributed by atoms with Crippen LogP contribution in [0.5, 0.6) is 5.75 Å². The Labute approximate surface area is 139 Å². The van der Waals surface area contributed by atoms with Gasteiger partial charge in [-0.2, -0.15) is 0 Å². The van der Waals surface area contributed by atoms with Crippen molar-refractivity contribution in [1.29, 1.82) is 0 Å². The predicted octanol–water partition coefficient (Wildman–Crippen LogP) is 2.82. The van der Waals surface area contributed by atoms with Gasteiger partial charge in [0, 0.05) is 16.1 Å². The van der Waals surface area contributed by atoms with Gasteiger partial charge in [0.15, 0.2) is 6.79 Å². The Hall–Kier alpha value is -1.79. The molecule has 0 spiro atoms. The highest BCUT2D eigenvalue weighted by atomic mass is 35.5. The average molecular weight is 339 g/mol. The minimum Gasteiger partial charge on any atom is -0.467 e. The van der Waals surface area contributed by atoms with Gasteiger partial charge in [0.25, 0.3) is 5.91 Å². The zero-order valence-electron chi connectivity index (χ0n) is 13.1. The van der Waals surface area contributed by atoms with Gasteiger partial charge in [-0.25, -0.2) is 4.79 Å². The van der Waals surface area contributed by atoms with Crippen LogP contribution in [0, 0.1) is 0 Å². The number of urea groups is 1. The highest BCUT2D eigenvalue weighted by Gasteiger charge is 2.48. The molecule has 0 bridgehead atoms. The fourth-order valence-corrected chi connectivity index (χ4v) is 3.36. The Morgan fingerprint density at radius 2 is 2.04 bits per heavy atom. The van der Waals surface area contributed by atoms with Gasteiger partial charge in [0.1, 0.15) is 11.3 Å².